The van der Waals surface area contributed by atoms with Crippen LogP contribution in [0.2, 0.25) is 5.02 Å². The first-order valence-corrected chi connectivity index (χ1v) is 4.39. The summed E-state index contributed by atoms with van der Waals surface area (Å²) in [6.07, 6.45) is 0. The lowest BCUT2D eigenvalue weighted by molar-refractivity contribution is 0.0697. The summed E-state index contributed by atoms with van der Waals surface area (Å²) in [5.41, 5.74) is 5.64. The van der Waals surface area contributed by atoms with Crippen molar-refractivity contribution < 1.29 is 14.6 Å². The number of carboxylic acids is 1. The number of hydrogen-bond acceptors (Lipinski definition) is 3. The highest BCUT2D eigenvalue weighted by molar-refractivity contribution is 6.32. The number of rotatable bonds is 3. The van der Waals surface area contributed by atoms with Crippen LogP contribution >= 0.6 is 11.6 Å². The molecule has 0 saturated heterocycles. The maximum absolute atomic E-state index is 10.7. The molecule has 0 bridgehead atoms. The Kier molecular flexibility index (Phi) is 3.19. The highest BCUT2D eigenvalue weighted by Gasteiger charge is 2.14. The molecule has 0 spiro atoms. The van der Waals surface area contributed by atoms with Crippen LogP contribution < -0.4 is 10.5 Å². The molecule has 0 amide bonds. The van der Waals surface area contributed by atoms with Gasteiger partial charge >= 0.3 is 5.97 Å². The molecule has 0 radical (unpaired) electrons. The van der Waals surface area contributed by atoms with E-state index in [0.29, 0.717) is 11.6 Å². The minimum Gasteiger partial charge on any atom is -0.490 e. The predicted octanol–water partition coefficient (Wildman–Crippen LogP) is 2.02. The Morgan fingerprint density at radius 3 is 2.79 bits per heavy atom. The fraction of sp³-hybridized carbons (Fsp3) is 0.222. The van der Waals surface area contributed by atoms with Crippen molar-refractivity contribution in [3.8, 4) is 5.75 Å². The van der Waals surface area contributed by atoms with Crippen molar-refractivity contribution in [1.82, 2.24) is 0 Å². The molecule has 3 N–H and O–H groups in total. The smallest absolute Gasteiger partial charge is 0.337 e. The largest absolute Gasteiger partial charge is 0.490 e. The van der Waals surface area contributed by atoms with Gasteiger partial charge in [0.05, 0.1) is 22.9 Å². The number of benzene rings is 1. The third-order valence-electron chi connectivity index (χ3n) is 1.67. The van der Waals surface area contributed by atoms with Crippen LogP contribution in [0.15, 0.2) is 12.1 Å². The van der Waals surface area contributed by atoms with E-state index in [1.54, 1.807) is 6.92 Å². The molecule has 0 aromatic heterocycles. The zero-order valence-corrected chi connectivity index (χ0v) is 8.34. The molecule has 0 aliphatic heterocycles. The number of nitrogen functional groups attached to an aromatic ring is 1. The normalized spacial score (nSPS) is 9.86. The molecule has 0 aliphatic carbocycles. The second-order valence-electron chi connectivity index (χ2n) is 2.58. The molecule has 0 heterocycles. The molecule has 1 aromatic carbocycles. The summed E-state index contributed by atoms with van der Waals surface area (Å²) in [4.78, 5) is 10.7. The molecule has 4 nitrogen and oxygen atoms in total. The maximum atomic E-state index is 10.7. The van der Waals surface area contributed by atoms with Crippen molar-refractivity contribution in [2.24, 2.45) is 0 Å². The van der Waals surface area contributed by atoms with E-state index < -0.39 is 5.97 Å². The van der Waals surface area contributed by atoms with Gasteiger partial charge in [-0.2, -0.15) is 0 Å². The van der Waals surface area contributed by atoms with Crippen LogP contribution in [0, 0.1) is 0 Å². The van der Waals surface area contributed by atoms with E-state index in [9.17, 15) is 4.79 Å². The van der Waals surface area contributed by atoms with Gasteiger partial charge in [0.15, 0.2) is 5.75 Å². The van der Waals surface area contributed by atoms with Gasteiger partial charge in [-0.1, -0.05) is 11.6 Å². The van der Waals surface area contributed by atoms with Crippen LogP contribution in [0.3, 0.4) is 0 Å². The molecule has 76 valence electrons. The van der Waals surface area contributed by atoms with Crippen molar-refractivity contribution in [1.29, 1.82) is 0 Å². The Bertz CT molecular complexity index is 365. The average molecular weight is 216 g/mol. The second-order valence-corrected chi connectivity index (χ2v) is 2.98. The van der Waals surface area contributed by atoms with Crippen molar-refractivity contribution >= 4 is 23.3 Å². The monoisotopic (exact) mass is 215 g/mol. The molecule has 0 atom stereocenters. The summed E-state index contributed by atoms with van der Waals surface area (Å²) in [6.45, 7) is 2.15. The SMILES string of the molecule is CCOc1c(Cl)ccc(C(=O)O)c1N. The third-order valence-corrected chi connectivity index (χ3v) is 1.96. The first kappa shape index (κ1) is 10.7. The van der Waals surface area contributed by atoms with Gasteiger partial charge in [0.1, 0.15) is 0 Å². The van der Waals surface area contributed by atoms with Crippen LogP contribution in [0.4, 0.5) is 5.69 Å². The highest BCUT2D eigenvalue weighted by atomic mass is 35.5. The lowest BCUT2D eigenvalue weighted by Crippen LogP contribution is -2.05. The van der Waals surface area contributed by atoms with Gasteiger partial charge in [0.25, 0.3) is 0 Å². The van der Waals surface area contributed by atoms with Gasteiger partial charge in [-0.3, -0.25) is 0 Å². The molecular weight excluding hydrogens is 206 g/mol. The molecule has 0 saturated carbocycles. The lowest BCUT2D eigenvalue weighted by Gasteiger charge is -2.10. The number of halogens is 1. The number of nitrogens with two attached hydrogens (primary N) is 1. The Morgan fingerprint density at radius 1 is 1.64 bits per heavy atom. The number of anilines is 1. The van der Waals surface area contributed by atoms with E-state index in [0.717, 1.165) is 0 Å². The van der Waals surface area contributed by atoms with Crippen LogP contribution in [0.25, 0.3) is 0 Å². The fourth-order valence-electron chi connectivity index (χ4n) is 1.05. The maximum Gasteiger partial charge on any atom is 0.337 e. The van der Waals surface area contributed by atoms with Crippen LogP contribution in [0.5, 0.6) is 5.75 Å². The Hall–Kier alpha value is -1.42. The zero-order chi connectivity index (χ0) is 10.7. The van der Waals surface area contributed by atoms with Gasteiger partial charge in [-0.15, -0.1) is 0 Å². The van der Waals surface area contributed by atoms with Gasteiger partial charge in [0, 0.05) is 0 Å². The third kappa shape index (κ3) is 1.90. The number of aromatic carboxylic acids is 1. The van der Waals surface area contributed by atoms with E-state index >= 15 is 0 Å². The number of carboxylic acid groups (broad SMARTS) is 1. The van der Waals surface area contributed by atoms with Gasteiger partial charge in [-0.25, -0.2) is 4.79 Å². The molecule has 14 heavy (non-hydrogen) atoms. The molecule has 1 aromatic rings. The average Bonchev–Trinajstić information content (AvgIpc) is 2.11. The molecule has 0 unspecified atom stereocenters. The summed E-state index contributed by atoms with van der Waals surface area (Å²) >= 11 is 5.79. The van der Waals surface area contributed by atoms with Crippen LogP contribution in [-0.4, -0.2) is 17.7 Å². The molecule has 0 aliphatic rings. The first-order valence-electron chi connectivity index (χ1n) is 4.02. The van der Waals surface area contributed by atoms with Crippen molar-refractivity contribution in [3.63, 3.8) is 0 Å². The van der Waals surface area contributed by atoms with E-state index in [1.807, 2.05) is 0 Å². The molecule has 1 rings (SSSR count). The second kappa shape index (κ2) is 4.19. The van der Waals surface area contributed by atoms with E-state index in [2.05, 4.69) is 0 Å². The summed E-state index contributed by atoms with van der Waals surface area (Å²) in [5.74, 6) is -0.866. The first-order chi connectivity index (χ1) is 6.57. The molecular formula is C9H10ClNO3. The fourth-order valence-corrected chi connectivity index (χ4v) is 1.27. The molecule has 0 fully saturated rings. The standard InChI is InChI=1S/C9H10ClNO3/c1-2-14-8-6(10)4-3-5(7(8)11)9(12)13/h3-4H,2,11H2,1H3,(H,12,13). The van der Waals surface area contributed by atoms with Crippen molar-refractivity contribution in [2.75, 3.05) is 12.3 Å². The van der Waals surface area contributed by atoms with Crippen molar-refractivity contribution in [3.05, 3.63) is 22.7 Å². The van der Waals surface area contributed by atoms with Gasteiger partial charge < -0.3 is 15.6 Å². The summed E-state index contributed by atoms with van der Waals surface area (Å²) < 4.78 is 5.14. The topological polar surface area (TPSA) is 72.5 Å². The molecule has 5 heteroatoms. The minimum atomic E-state index is -1.10. The van der Waals surface area contributed by atoms with E-state index in [1.165, 1.54) is 12.1 Å². The van der Waals surface area contributed by atoms with Crippen LogP contribution in [0.1, 0.15) is 17.3 Å². The Balaban J connectivity index is 3.26. The zero-order valence-electron chi connectivity index (χ0n) is 7.58. The number of hydrogen-bond donors (Lipinski definition) is 2. The summed E-state index contributed by atoms with van der Waals surface area (Å²) in [7, 11) is 0. The van der Waals surface area contributed by atoms with Crippen molar-refractivity contribution in [2.45, 2.75) is 6.92 Å². The minimum absolute atomic E-state index is 0.00199. The number of carbonyl (C=O) groups is 1. The van der Waals surface area contributed by atoms with E-state index in [-0.39, 0.29) is 17.0 Å². The highest BCUT2D eigenvalue weighted by Crippen LogP contribution is 2.33. The van der Waals surface area contributed by atoms with Gasteiger partial charge in [-0.05, 0) is 19.1 Å². The Morgan fingerprint density at radius 2 is 2.29 bits per heavy atom. The quantitative estimate of drug-likeness (QED) is 0.757. The summed E-state index contributed by atoms with van der Waals surface area (Å²) in [5, 5.41) is 9.08. The van der Waals surface area contributed by atoms with E-state index in [4.69, 9.17) is 27.2 Å². The van der Waals surface area contributed by atoms with Crippen LogP contribution in [-0.2, 0) is 0 Å². The summed E-state index contributed by atoms with van der Waals surface area (Å²) in [6, 6.07) is 2.80. The predicted molar refractivity (Wildman–Crippen MR) is 54.0 cm³/mol. The van der Waals surface area contributed by atoms with Gasteiger partial charge in [0.2, 0.25) is 0 Å². The lowest BCUT2D eigenvalue weighted by atomic mass is 10.1. The number of ether oxygens (including phenoxy) is 1. The Labute approximate surface area is 86.2 Å².